The van der Waals surface area contributed by atoms with E-state index in [1.165, 1.54) is 11.3 Å². The molecule has 4 N–H and O–H groups in total. The van der Waals surface area contributed by atoms with Crippen molar-refractivity contribution >= 4 is 22.4 Å². The van der Waals surface area contributed by atoms with Crippen molar-refractivity contribution in [3.8, 4) is 0 Å². The van der Waals surface area contributed by atoms with Crippen LogP contribution in [-0.2, 0) is 0 Å². The summed E-state index contributed by atoms with van der Waals surface area (Å²) in [5.41, 5.74) is 5.78. The van der Waals surface area contributed by atoms with Gasteiger partial charge in [-0.25, -0.2) is 4.98 Å². The van der Waals surface area contributed by atoms with Crippen LogP contribution in [0.25, 0.3) is 0 Å². The molecule has 0 aliphatic heterocycles. The molecule has 0 radical (unpaired) electrons. The number of carbonyl (C=O) groups excluding carboxylic acids is 1. The monoisotopic (exact) mass is 283 g/mol. The number of hydrogen-bond acceptors (Lipinski definition) is 5. The lowest BCUT2D eigenvalue weighted by molar-refractivity contribution is 0.0720. The number of aliphatic hydroxyl groups excluding tert-OH is 1. The van der Waals surface area contributed by atoms with Crippen LogP contribution in [0.2, 0.25) is 0 Å². The number of carbonyl (C=O) groups is 1. The van der Waals surface area contributed by atoms with Gasteiger partial charge < -0.3 is 16.2 Å². The zero-order chi connectivity index (χ0) is 14.0. The predicted octanol–water partition coefficient (Wildman–Crippen LogP) is 1.70. The van der Waals surface area contributed by atoms with Gasteiger partial charge in [-0.3, -0.25) is 4.79 Å². The van der Waals surface area contributed by atoms with Crippen LogP contribution in [0.15, 0.2) is 0 Å². The molecule has 0 bridgehead atoms. The Morgan fingerprint density at radius 2 is 2.21 bits per heavy atom. The molecular formula is C13H21N3O2S. The van der Waals surface area contributed by atoms with Gasteiger partial charge >= 0.3 is 0 Å². The summed E-state index contributed by atoms with van der Waals surface area (Å²) in [7, 11) is 0. The Hall–Kier alpha value is -1.14. The van der Waals surface area contributed by atoms with E-state index in [9.17, 15) is 9.90 Å². The lowest BCUT2D eigenvalue weighted by Gasteiger charge is -2.38. The van der Waals surface area contributed by atoms with Gasteiger partial charge in [0.25, 0.3) is 5.91 Å². The van der Waals surface area contributed by atoms with Crippen LogP contribution < -0.4 is 11.1 Å². The summed E-state index contributed by atoms with van der Waals surface area (Å²) in [6.07, 6.45) is 3.71. The number of amides is 1. The van der Waals surface area contributed by atoms with Crippen molar-refractivity contribution in [3.63, 3.8) is 0 Å². The summed E-state index contributed by atoms with van der Waals surface area (Å²) < 4.78 is 0. The van der Waals surface area contributed by atoms with Crippen LogP contribution in [-0.4, -0.2) is 28.1 Å². The maximum atomic E-state index is 12.3. The lowest BCUT2D eigenvalue weighted by atomic mass is 9.77. The van der Waals surface area contributed by atoms with Crippen molar-refractivity contribution < 1.29 is 9.90 Å². The molecule has 1 aromatic rings. The van der Waals surface area contributed by atoms with Gasteiger partial charge in [-0.05, 0) is 38.5 Å². The molecule has 6 heteroatoms. The normalized spacial score (nSPS) is 27.2. The number of aryl methyl sites for hydroxylation is 1. The Kier molecular flexibility index (Phi) is 4.10. The first kappa shape index (κ1) is 14.3. The van der Waals surface area contributed by atoms with Crippen LogP contribution in [0.5, 0.6) is 0 Å². The number of anilines is 1. The van der Waals surface area contributed by atoms with Gasteiger partial charge in [-0.1, -0.05) is 18.3 Å². The van der Waals surface area contributed by atoms with Crippen LogP contribution in [0.3, 0.4) is 0 Å². The lowest BCUT2D eigenvalue weighted by Crippen LogP contribution is -2.53. The second-order valence-electron chi connectivity index (χ2n) is 5.54. The van der Waals surface area contributed by atoms with Crippen molar-refractivity contribution in [3.05, 3.63) is 10.6 Å². The average molecular weight is 283 g/mol. The maximum Gasteiger partial charge on any atom is 0.263 e. The fourth-order valence-electron chi connectivity index (χ4n) is 2.56. The number of nitrogen functional groups attached to an aromatic ring is 1. The third-order valence-corrected chi connectivity index (χ3v) is 4.92. The summed E-state index contributed by atoms with van der Waals surface area (Å²) >= 11 is 1.19. The Labute approximate surface area is 117 Å². The highest BCUT2D eigenvalue weighted by atomic mass is 32.1. The number of nitrogens with one attached hydrogen (secondary N) is 1. The molecule has 5 nitrogen and oxygen atoms in total. The summed E-state index contributed by atoms with van der Waals surface area (Å²) in [6, 6.07) is 0. The topological polar surface area (TPSA) is 88.2 Å². The van der Waals surface area contributed by atoms with Gasteiger partial charge in [0.1, 0.15) is 4.88 Å². The van der Waals surface area contributed by atoms with E-state index in [2.05, 4.69) is 17.2 Å². The van der Waals surface area contributed by atoms with Gasteiger partial charge in [-0.2, -0.15) is 0 Å². The fraction of sp³-hybridized carbons (Fsp3) is 0.692. The number of aliphatic hydroxyl groups is 1. The molecule has 1 aliphatic carbocycles. The average Bonchev–Trinajstić information content (AvgIpc) is 2.72. The predicted molar refractivity (Wildman–Crippen MR) is 76.2 cm³/mol. The third kappa shape index (κ3) is 3.06. The van der Waals surface area contributed by atoms with E-state index in [1.807, 2.05) is 0 Å². The first-order chi connectivity index (χ1) is 8.96. The number of thiazole rings is 1. The third-order valence-electron chi connectivity index (χ3n) is 3.93. The first-order valence-corrected chi connectivity index (χ1v) is 7.44. The number of hydrogen-bond donors (Lipinski definition) is 3. The Morgan fingerprint density at radius 3 is 2.68 bits per heavy atom. The highest BCUT2D eigenvalue weighted by Crippen LogP contribution is 2.32. The van der Waals surface area contributed by atoms with Gasteiger partial charge in [0, 0.05) is 0 Å². The highest BCUT2D eigenvalue weighted by Gasteiger charge is 2.35. The molecule has 19 heavy (non-hydrogen) atoms. The zero-order valence-electron chi connectivity index (χ0n) is 11.4. The van der Waals surface area contributed by atoms with E-state index in [0.29, 0.717) is 21.6 Å². The fourth-order valence-corrected chi connectivity index (χ4v) is 3.29. The Morgan fingerprint density at radius 1 is 1.58 bits per heavy atom. The SMILES string of the molecule is Cc1nc(N)sc1C(=O)NC1(CO)CCC(C)CC1. The molecule has 106 valence electrons. The second-order valence-corrected chi connectivity index (χ2v) is 6.57. The Balaban J connectivity index is 2.10. The van der Waals surface area contributed by atoms with E-state index < -0.39 is 5.54 Å². The molecule has 2 rings (SSSR count). The van der Waals surface area contributed by atoms with E-state index in [1.54, 1.807) is 6.92 Å². The van der Waals surface area contributed by atoms with E-state index in [0.717, 1.165) is 25.7 Å². The molecular weight excluding hydrogens is 262 g/mol. The molecule has 0 atom stereocenters. The summed E-state index contributed by atoms with van der Waals surface area (Å²) in [5.74, 6) is 0.493. The molecule has 1 aromatic heterocycles. The molecule has 0 aromatic carbocycles. The van der Waals surface area contributed by atoms with Crippen molar-refractivity contribution in [2.45, 2.75) is 45.1 Å². The van der Waals surface area contributed by atoms with Crippen LogP contribution in [0, 0.1) is 12.8 Å². The molecule has 1 heterocycles. The molecule has 1 amide bonds. The summed E-state index contributed by atoms with van der Waals surface area (Å²) in [5, 5.41) is 13.0. The standard InChI is InChI=1S/C13H21N3O2S/c1-8-3-5-13(7-17,6-4-8)16-11(18)10-9(2)15-12(14)19-10/h8,17H,3-7H2,1-2H3,(H2,14,15)(H,16,18). The zero-order valence-corrected chi connectivity index (χ0v) is 12.2. The van der Waals surface area contributed by atoms with Crippen LogP contribution in [0.1, 0.15) is 48.0 Å². The van der Waals surface area contributed by atoms with Gasteiger partial charge in [0.15, 0.2) is 5.13 Å². The minimum absolute atomic E-state index is 0.0151. The van der Waals surface area contributed by atoms with E-state index in [4.69, 9.17) is 5.73 Å². The molecule has 1 aliphatic rings. The summed E-state index contributed by atoms with van der Waals surface area (Å²) in [4.78, 5) is 16.9. The van der Waals surface area contributed by atoms with Gasteiger partial charge in [0.05, 0.1) is 17.8 Å². The smallest absolute Gasteiger partial charge is 0.263 e. The molecule has 1 fully saturated rings. The molecule has 0 saturated heterocycles. The van der Waals surface area contributed by atoms with Gasteiger partial charge in [-0.15, -0.1) is 0 Å². The van der Waals surface area contributed by atoms with Crippen molar-refractivity contribution in [1.29, 1.82) is 0 Å². The van der Waals surface area contributed by atoms with Crippen LogP contribution >= 0.6 is 11.3 Å². The number of nitrogens with two attached hydrogens (primary N) is 1. The number of nitrogens with zero attached hydrogens (tertiary/aromatic N) is 1. The summed E-state index contributed by atoms with van der Waals surface area (Å²) in [6.45, 7) is 3.96. The minimum atomic E-state index is -0.477. The minimum Gasteiger partial charge on any atom is -0.394 e. The largest absolute Gasteiger partial charge is 0.394 e. The highest BCUT2D eigenvalue weighted by molar-refractivity contribution is 7.17. The first-order valence-electron chi connectivity index (χ1n) is 6.62. The Bertz CT molecular complexity index is 464. The quantitative estimate of drug-likeness (QED) is 0.788. The maximum absolute atomic E-state index is 12.3. The van der Waals surface area contributed by atoms with Crippen molar-refractivity contribution in [1.82, 2.24) is 10.3 Å². The van der Waals surface area contributed by atoms with Crippen LogP contribution in [0.4, 0.5) is 5.13 Å². The molecule has 0 spiro atoms. The van der Waals surface area contributed by atoms with Crippen molar-refractivity contribution in [2.75, 3.05) is 12.3 Å². The van der Waals surface area contributed by atoms with Gasteiger partial charge in [0.2, 0.25) is 0 Å². The second kappa shape index (κ2) is 5.46. The van der Waals surface area contributed by atoms with E-state index >= 15 is 0 Å². The molecule has 0 unspecified atom stereocenters. The molecule has 1 saturated carbocycles. The van der Waals surface area contributed by atoms with E-state index in [-0.39, 0.29) is 12.5 Å². The van der Waals surface area contributed by atoms with Crippen molar-refractivity contribution in [2.24, 2.45) is 5.92 Å². The number of aromatic nitrogens is 1. The number of rotatable bonds is 3.